The van der Waals surface area contributed by atoms with E-state index in [9.17, 15) is 0 Å². The maximum atomic E-state index is 7.22. The molecule has 174 valence electrons. The summed E-state index contributed by atoms with van der Waals surface area (Å²) < 4.78 is 10.3. The van der Waals surface area contributed by atoms with E-state index in [0.717, 1.165) is 34.8 Å². The van der Waals surface area contributed by atoms with Gasteiger partial charge in [-0.15, -0.1) is 10.2 Å². The highest BCUT2D eigenvalue weighted by molar-refractivity contribution is 9.10. The molecular formula is C27H29BrN4OSi. The first-order valence-corrected chi connectivity index (χ1v) is 14.4. The van der Waals surface area contributed by atoms with Gasteiger partial charge in [-0.25, -0.2) is 4.98 Å². The van der Waals surface area contributed by atoms with Crippen LogP contribution in [0.3, 0.4) is 0 Å². The average Bonchev–Trinajstić information content (AvgIpc) is 3.43. The number of hydrogen-bond acceptors (Lipinski definition) is 4. The van der Waals surface area contributed by atoms with Gasteiger partial charge in [0.15, 0.2) is 5.82 Å². The summed E-state index contributed by atoms with van der Waals surface area (Å²) in [5.41, 5.74) is 0.825. The van der Waals surface area contributed by atoms with Gasteiger partial charge in [0.2, 0.25) is 0 Å². The summed E-state index contributed by atoms with van der Waals surface area (Å²) in [6.07, 6.45) is 1.89. The number of aromatic nitrogens is 4. The van der Waals surface area contributed by atoms with Crippen LogP contribution in [0.1, 0.15) is 39.1 Å². The average molecular weight is 534 g/mol. The molecule has 7 heteroatoms. The number of aryl methyl sites for hydroxylation is 1. The van der Waals surface area contributed by atoms with Crippen molar-refractivity contribution in [3.05, 3.63) is 89.3 Å². The number of pyridine rings is 1. The molecule has 0 aliphatic carbocycles. The highest BCUT2D eigenvalue weighted by Gasteiger charge is 2.50. The van der Waals surface area contributed by atoms with Crippen LogP contribution in [0.5, 0.6) is 0 Å². The second-order valence-electron chi connectivity index (χ2n) is 9.82. The van der Waals surface area contributed by atoms with Crippen molar-refractivity contribution in [2.24, 2.45) is 0 Å². The summed E-state index contributed by atoms with van der Waals surface area (Å²) in [6.45, 7) is 7.55. The quantitative estimate of drug-likeness (QED) is 0.254. The summed E-state index contributed by atoms with van der Waals surface area (Å²) >= 11 is 3.49. The van der Waals surface area contributed by atoms with Crippen molar-refractivity contribution in [1.82, 2.24) is 19.7 Å². The first kappa shape index (κ1) is 23.1. The molecule has 0 radical (unpaired) electrons. The van der Waals surface area contributed by atoms with Crippen LogP contribution in [-0.2, 0) is 10.8 Å². The molecule has 0 saturated carbocycles. The van der Waals surface area contributed by atoms with Gasteiger partial charge in [-0.05, 0) is 49.9 Å². The topological polar surface area (TPSA) is 52.8 Å². The van der Waals surface area contributed by atoms with Crippen LogP contribution in [0.2, 0.25) is 5.04 Å². The van der Waals surface area contributed by atoms with Crippen LogP contribution in [0.4, 0.5) is 0 Å². The van der Waals surface area contributed by atoms with E-state index in [2.05, 4.69) is 117 Å². The first-order chi connectivity index (χ1) is 16.4. The van der Waals surface area contributed by atoms with Gasteiger partial charge in [0.05, 0.1) is 12.6 Å². The summed E-state index contributed by atoms with van der Waals surface area (Å²) in [7, 11) is -2.60. The number of halogens is 1. The van der Waals surface area contributed by atoms with Gasteiger partial charge in [-0.3, -0.25) is 0 Å². The largest absolute Gasteiger partial charge is 0.405 e. The zero-order valence-electron chi connectivity index (χ0n) is 19.8. The third-order valence-electron chi connectivity index (χ3n) is 6.69. The predicted molar refractivity (Wildman–Crippen MR) is 142 cm³/mol. The van der Waals surface area contributed by atoms with E-state index in [-0.39, 0.29) is 11.1 Å². The Labute approximate surface area is 210 Å². The molecule has 1 atom stereocenters. The molecule has 2 aromatic heterocycles. The number of hydrogen-bond donors (Lipinski definition) is 0. The lowest BCUT2D eigenvalue weighted by Crippen LogP contribution is -2.66. The molecule has 4 aromatic rings. The van der Waals surface area contributed by atoms with Crippen LogP contribution >= 0.6 is 15.9 Å². The Morgan fingerprint density at radius 2 is 1.56 bits per heavy atom. The molecule has 0 unspecified atom stereocenters. The SMILES string of the molecule is CC(C)(C)[Si](OC[C@H]1CCc2nnc(-c3cccc(Br)n3)n21)(c1ccccc1)c1ccccc1. The number of rotatable bonds is 6. The van der Waals surface area contributed by atoms with E-state index < -0.39 is 8.32 Å². The molecule has 0 fully saturated rings. The number of nitrogens with zero attached hydrogens (tertiary/aromatic N) is 4. The summed E-state index contributed by atoms with van der Waals surface area (Å²) in [4.78, 5) is 4.63. The molecule has 5 rings (SSSR count). The van der Waals surface area contributed by atoms with Crippen molar-refractivity contribution in [1.29, 1.82) is 0 Å². The fraction of sp³-hybridized carbons (Fsp3) is 0.296. The Hall–Kier alpha value is -2.61. The molecule has 3 heterocycles. The molecule has 0 N–H and O–H groups in total. The van der Waals surface area contributed by atoms with Gasteiger partial charge in [-0.2, -0.15) is 0 Å². The van der Waals surface area contributed by atoms with E-state index in [0.29, 0.717) is 6.61 Å². The summed E-state index contributed by atoms with van der Waals surface area (Å²) in [5, 5.41) is 11.5. The Balaban J connectivity index is 1.54. The van der Waals surface area contributed by atoms with Crippen molar-refractivity contribution >= 4 is 34.6 Å². The van der Waals surface area contributed by atoms with Gasteiger partial charge in [0.1, 0.15) is 16.1 Å². The second kappa shape index (κ2) is 9.21. The molecule has 1 aliphatic heterocycles. The minimum Gasteiger partial charge on any atom is -0.405 e. The van der Waals surface area contributed by atoms with Crippen molar-refractivity contribution in [3.63, 3.8) is 0 Å². The summed E-state index contributed by atoms with van der Waals surface area (Å²) in [6, 6.07) is 27.7. The first-order valence-electron chi connectivity index (χ1n) is 11.7. The minimum atomic E-state index is -2.60. The molecule has 0 spiro atoms. The van der Waals surface area contributed by atoms with Crippen LogP contribution in [0, 0.1) is 0 Å². The van der Waals surface area contributed by atoms with Crippen molar-refractivity contribution in [3.8, 4) is 11.5 Å². The molecule has 1 aliphatic rings. The van der Waals surface area contributed by atoms with E-state index in [1.54, 1.807) is 0 Å². The van der Waals surface area contributed by atoms with Crippen LogP contribution in [-0.4, -0.2) is 34.7 Å². The van der Waals surface area contributed by atoms with E-state index in [1.807, 2.05) is 18.2 Å². The lowest BCUT2D eigenvalue weighted by Gasteiger charge is -2.43. The fourth-order valence-corrected chi connectivity index (χ4v) is 10.1. The second-order valence-corrected chi connectivity index (χ2v) is 14.9. The lowest BCUT2D eigenvalue weighted by atomic mass is 10.2. The highest BCUT2D eigenvalue weighted by atomic mass is 79.9. The monoisotopic (exact) mass is 532 g/mol. The standard InChI is InChI=1S/C27H29BrN4OSi/c1-27(2,3)34(21-11-6-4-7-12-21,22-13-8-5-9-14-22)33-19-20-17-18-25-30-31-26(32(20)25)23-15-10-16-24(28)29-23/h4-16,20H,17-19H2,1-3H3/t20-/m1/s1. The molecule has 2 aromatic carbocycles. The van der Waals surface area contributed by atoms with E-state index >= 15 is 0 Å². The Morgan fingerprint density at radius 1 is 0.912 bits per heavy atom. The number of benzene rings is 2. The molecule has 5 nitrogen and oxygen atoms in total. The highest BCUT2D eigenvalue weighted by Crippen LogP contribution is 2.39. The fourth-order valence-electron chi connectivity index (χ4n) is 5.15. The van der Waals surface area contributed by atoms with Crippen molar-refractivity contribution in [2.45, 2.75) is 44.7 Å². The van der Waals surface area contributed by atoms with E-state index in [1.165, 1.54) is 10.4 Å². The van der Waals surface area contributed by atoms with Crippen LogP contribution < -0.4 is 10.4 Å². The van der Waals surface area contributed by atoms with Crippen molar-refractivity contribution in [2.75, 3.05) is 6.61 Å². The molecule has 0 bridgehead atoms. The predicted octanol–water partition coefficient (Wildman–Crippen LogP) is 5.17. The molecular weight excluding hydrogens is 504 g/mol. The Morgan fingerprint density at radius 3 is 2.15 bits per heavy atom. The Kier molecular flexibility index (Phi) is 6.27. The van der Waals surface area contributed by atoms with Gasteiger partial charge in [0, 0.05) is 6.42 Å². The molecule has 34 heavy (non-hydrogen) atoms. The molecule has 0 saturated heterocycles. The van der Waals surface area contributed by atoms with Gasteiger partial charge in [0.25, 0.3) is 8.32 Å². The van der Waals surface area contributed by atoms with Gasteiger partial charge < -0.3 is 8.99 Å². The smallest absolute Gasteiger partial charge is 0.261 e. The number of fused-ring (bicyclic) bond motifs is 1. The zero-order chi connectivity index (χ0) is 23.8. The third kappa shape index (κ3) is 4.06. The lowest BCUT2D eigenvalue weighted by molar-refractivity contribution is 0.241. The zero-order valence-corrected chi connectivity index (χ0v) is 22.4. The normalized spacial score (nSPS) is 15.9. The maximum Gasteiger partial charge on any atom is 0.261 e. The van der Waals surface area contributed by atoms with Crippen molar-refractivity contribution < 1.29 is 4.43 Å². The van der Waals surface area contributed by atoms with E-state index in [4.69, 9.17) is 4.43 Å². The van der Waals surface area contributed by atoms with Crippen LogP contribution in [0.25, 0.3) is 11.5 Å². The summed E-state index contributed by atoms with van der Waals surface area (Å²) in [5.74, 6) is 1.82. The van der Waals surface area contributed by atoms with Gasteiger partial charge in [-0.1, -0.05) is 87.5 Å². The maximum absolute atomic E-state index is 7.22. The minimum absolute atomic E-state index is 0.0565. The Bertz CT molecular complexity index is 1230. The van der Waals surface area contributed by atoms with Gasteiger partial charge >= 0.3 is 0 Å². The third-order valence-corrected chi connectivity index (χ3v) is 12.1. The van der Waals surface area contributed by atoms with Crippen LogP contribution in [0.15, 0.2) is 83.5 Å². The molecule has 0 amide bonds.